The molecule has 2 N–H and O–H groups in total. The number of aromatic nitrogens is 2. The van der Waals surface area contributed by atoms with Gasteiger partial charge in [-0.3, -0.25) is 0 Å². The molecule has 0 aromatic carbocycles. The Hall–Kier alpha value is -0.580. The molecule has 13 heavy (non-hydrogen) atoms. The van der Waals surface area contributed by atoms with Gasteiger partial charge in [0.05, 0.1) is 5.69 Å². The van der Waals surface area contributed by atoms with E-state index in [0.29, 0.717) is 18.7 Å². The standard InChI is InChI=1S/C7H9Cl2N3O/c8-6-4-5(7(9)12-11-6)10-2-1-3-13/h4,13H,1-3H2,(H,10,11). The molecule has 1 aromatic heterocycles. The Balaban J connectivity index is 2.59. The van der Waals surface area contributed by atoms with Crippen molar-refractivity contribution in [2.75, 3.05) is 18.5 Å². The molecular weight excluding hydrogens is 213 g/mol. The predicted octanol–water partition coefficient (Wildman–Crippen LogP) is 1.58. The van der Waals surface area contributed by atoms with E-state index in [2.05, 4.69) is 15.5 Å². The van der Waals surface area contributed by atoms with Crippen LogP contribution in [0.15, 0.2) is 6.07 Å². The van der Waals surface area contributed by atoms with E-state index in [-0.39, 0.29) is 16.9 Å². The largest absolute Gasteiger partial charge is 0.396 e. The Morgan fingerprint density at radius 2 is 2.15 bits per heavy atom. The Morgan fingerprint density at radius 3 is 2.85 bits per heavy atom. The number of anilines is 1. The van der Waals surface area contributed by atoms with Gasteiger partial charge in [-0.1, -0.05) is 23.2 Å². The molecule has 0 bridgehead atoms. The fourth-order valence-corrected chi connectivity index (χ4v) is 1.09. The van der Waals surface area contributed by atoms with Gasteiger partial charge in [0.1, 0.15) is 0 Å². The summed E-state index contributed by atoms with van der Waals surface area (Å²) in [5.41, 5.74) is 0.634. The van der Waals surface area contributed by atoms with Crippen molar-refractivity contribution in [2.45, 2.75) is 6.42 Å². The van der Waals surface area contributed by atoms with Gasteiger partial charge in [0.15, 0.2) is 10.3 Å². The fourth-order valence-electron chi connectivity index (χ4n) is 0.779. The predicted molar refractivity (Wildman–Crippen MR) is 52.2 cm³/mol. The molecule has 0 amide bonds. The zero-order valence-corrected chi connectivity index (χ0v) is 8.31. The Kier molecular flexibility index (Phi) is 4.21. The first kappa shape index (κ1) is 10.5. The zero-order chi connectivity index (χ0) is 9.68. The van der Waals surface area contributed by atoms with Gasteiger partial charge in [0, 0.05) is 19.2 Å². The molecule has 0 saturated heterocycles. The molecule has 0 aliphatic rings. The second-order valence-corrected chi connectivity index (χ2v) is 3.12. The summed E-state index contributed by atoms with van der Waals surface area (Å²) in [6.07, 6.45) is 0.649. The molecule has 0 spiro atoms. The highest BCUT2D eigenvalue weighted by atomic mass is 35.5. The third-order valence-corrected chi connectivity index (χ3v) is 1.83. The lowest BCUT2D eigenvalue weighted by molar-refractivity contribution is 0.292. The molecule has 0 saturated carbocycles. The van der Waals surface area contributed by atoms with E-state index in [1.54, 1.807) is 6.07 Å². The average molecular weight is 222 g/mol. The quantitative estimate of drug-likeness (QED) is 0.759. The van der Waals surface area contributed by atoms with Crippen LogP contribution >= 0.6 is 23.2 Å². The van der Waals surface area contributed by atoms with Gasteiger partial charge in [-0.25, -0.2) is 0 Å². The van der Waals surface area contributed by atoms with Crippen molar-refractivity contribution >= 4 is 28.9 Å². The lowest BCUT2D eigenvalue weighted by atomic mass is 10.4. The van der Waals surface area contributed by atoms with Crippen LogP contribution in [-0.4, -0.2) is 28.5 Å². The fraction of sp³-hybridized carbons (Fsp3) is 0.429. The molecule has 1 aromatic rings. The minimum Gasteiger partial charge on any atom is -0.396 e. The molecule has 0 atom stereocenters. The van der Waals surface area contributed by atoms with Crippen LogP contribution in [-0.2, 0) is 0 Å². The molecule has 1 rings (SSSR count). The van der Waals surface area contributed by atoms with E-state index in [1.165, 1.54) is 0 Å². The molecular formula is C7H9Cl2N3O. The van der Waals surface area contributed by atoms with Crippen molar-refractivity contribution in [3.8, 4) is 0 Å². The highest BCUT2D eigenvalue weighted by molar-refractivity contribution is 6.33. The van der Waals surface area contributed by atoms with Crippen molar-refractivity contribution in [3.05, 3.63) is 16.4 Å². The number of aliphatic hydroxyl groups is 1. The van der Waals surface area contributed by atoms with Crippen LogP contribution in [0.2, 0.25) is 10.3 Å². The number of nitrogens with one attached hydrogen (secondary N) is 1. The van der Waals surface area contributed by atoms with E-state index in [0.717, 1.165) is 0 Å². The lowest BCUT2D eigenvalue weighted by Crippen LogP contribution is -2.04. The van der Waals surface area contributed by atoms with Gasteiger partial charge in [-0.2, -0.15) is 0 Å². The average Bonchev–Trinajstić information content (AvgIpc) is 2.11. The third-order valence-electron chi connectivity index (χ3n) is 1.37. The minimum absolute atomic E-state index is 0.136. The highest BCUT2D eigenvalue weighted by Gasteiger charge is 2.02. The van der Waals surface area contributed by atoms with Crippen molar-refractivity contribution in [3.63, 3.8) is 0 Å². The number of hydrogen-bond acceptors (Lipinski definition) is 4. The maximum absolute atomic E-state index is 8.54. The van der Waals surface area contributed by atoms with Crippen LogP contribution in [0, 0.1) is 0 Å². The molecule has 72 valence electrons. The minimum atomic E-state index is 0.136. The molecule has 0 fully saturated rings. The molecule has 0 aliphatic carbocycles. The van der Waals surface area contributed by atoms with Crippen LogP contribution in [0.25, 0.3) is 0 Å². The van der Waals surface area contributed by atoms with Crippen molar-refractivity contribution in [1.82, 2.24) is 10.2 Å². The summed E-state index contributed by atoms with van der Waals surface area (Å²) in [5, 5.41) is 19.3. The van der Waals surface area contributed by atoms with E-state index in [9.17, 15) is 0 Å². The number of hydrogen-bond donors (Lipinski definition) is 2. The first-order valence-corrected chi connectivity index (χ1v) is 4.53. The Morgan fingerprint density at radius 1 is 1.38 bits per heavy atom. The first-order chi connectivity index (χ1) is 6.24. The zero-order valence-electron chi connectivity index (χ0n) is 6.80. The smallest absolute Gasteiger partial charge is 0.174 e. The van der Waals surface area contributed by atoms with Gasteiger partial charge in [-0.15, -0.1) is 10.2 Å². The summed E-state index contributed by atoms with van der Waals surface area (Å²) < 4.78 is 0. The van der Waals surface area contributed by atoms with Crippen molar-refractivity contribution < 1.29 is 5.11 Å². The monoisotopic (exact) mass is 221 g/mol. The summed E-state index contributed by atoms with van der Waals surface area (Å²) in [7, 11) is 0. The topological polar surface area (TPSA) is 58.0 Å². The van der Waals surface area contributed by atoms with Crippen molar-refractivity contribution in [1.29, 1.82) is 0 Å². The van der Waals surface area contributed by atoms with E-state index >= 15 is 0 Å². The Bertz CT molecular complexity index is 282. The molecule has 0 unspecified atom stereocenters. The van der Waals surface area contributed by atoms with Gasteiger partial charge in [0.25, 0.3) is 0 Å². The second kappa shape index (κ2) is 5.21. The maximum atomic E-state index is 8.54. The van der Waals surface area contributed by atoms with Gasteiger partial charge in [-0.05, 0) is 6.42 Å². The highest BCUT2D eigenvalue weighted by Crippen LogP contribution is 2.20. The van der Waals surface area contributed by atoms with Crippen LogP contribution in [0.1, 0.15) is 6.42 Å². The van der Waals surface area contributed by atoms with Crippen LogP contribution < -0.4 is 5.32 Å². The number of rotatable bonds is 4. The summed E-state index contributed by atoms with van der Waals surface area (Å²) in [6, 6.07) is 1.59. The van der Waals surface area contributed by atoms with Gasteiger partial charge in [0.2, 0.25) is 0 Å². The van der Waals surface area contributed by atoms with Crippen LogP contribution in [0.3, 0.4) is 0 Å². The normalized spacial score (nSPS) is 10.1. The van der Waals surface area contributed by atoms with Crippen LogP contribution in [0.4, 0.5) is 5.69 Å². The lowest BCUT2D eigenvalue weighted by Gasteiger charge is -2.05. The van der Waals surface area contributed by atoms with E-state index in [4.69, 9.17) is 28.3 Å². The summed E-state index contributed by atoms with van der Waals surface area (Å²) in [6.45, 7) is 0.759. The SMILES string of the molecule is OCCCNc1cc(Cl)nnc1Cl. The van der Waals surface area contributed by atoms with E-state index < -0.39 is 0 Å². The summed E-state index contributed by atoms with van der Waals surface area (Å²) in [5.74, 6) is 0. The molecule has 4 nitrogen and oxygen atoms in total. The van der Waals surface area contributed by atoms with Gasteiger partial charge >= 0.3 is 0 Å². The van der Waals surface area contributed by atoms with Crippen molar-refractivity contribution in [2.24, 2.45) is 0 Å². The first-order valence-electron chi connectivity index (χ1n) is 3.77. The second-order valence-electron chi connectivity index (χ2n) is 2.38. The van der Waals surface area contributed by atoms with E-state index in [1.807, 2.05) is 0 Å². The van der Waals surface area contributed by atoms with Gasteiger partial charge < -0.3 is 10.4 Å². The number of nitrogens with zero attached hydrogens (tertiary/aromatic N) is 2. The molecule has 1 heterocycles. The summed E-state index contributed by atoms with van der Waals surface area (Å²) in [4.78, 5) is 0. The molecule has 6 heteroatoms. The molecule has 0 radical (unpaired) electrons. The third kappa shape index (κ3) is 3.34. The number of aliphatic hydroxyl groups excluding tert-OH is 1. The summed E-state index contributed by atoms with van der Waals surface area (Å²) >= 11 is 11.3. The maximum Gasteiger partial charge on any atom is 0.174 e. The van der Waals surface area contributed by atoms with Crippen LogP contribution in [0.5, 0.6) is 0 Å². The number of halogens is 2. The Labute approximate surface area is 85.9 Å². The molecule has 0 aliphatic heterocycles.